The summed E-state index contributed by atoms with van der Waals surface area (Å²) in [5.74, 6) is -1.17. The summed E-state index contributed by atoms with van der Waals surface area (Å²) in [6.07, 6.45) is 1.45. The van der Waals surface area contributed by atoms with Crippen LogP contribution in [0.2, 0.25) is 0 Å². The van der Waals surface area contributed by atoms with Crippen molar-refractivity contribution in [1.82, 2.24) is 5.32 Å². The highest BCUT2D eigenvalue weighted by molar-refractivity contribution is 6.11. The third-order valence-electron chi connectivity index (χ3n) is 4.96. The molecule has 0 heterocycles. The topological polar surface area (TPSA) is 123 Å². The minimum absolute atomic E-state index is 0.0447. The number of hydrogen-bond donors (Lipinski definition) is 3. The highest BCUT2D eigenvalue weighted by atomic mass is 16.5. The summed E-state index contributed by atoms with van der Waals surface area (Å²) in [5.41, 5.74) is 0.817. The Morgan fingerprint density at radius 3 is 2.14 bits per heavy atom. The molecule has 0 aliphatic carbocycles. The molecule has 0 radical (unpaired) electrons. The molecule has 3 rings (SSSR count). The van der Waals surface area contributed by atoms with Crippen LogP contribution in [0.3, 0.4) is 0 Å². The molecule has 0 saturated carbocycles. The number of amides is 2. The van der Waals surface area contributed by atoms with Gasteiger partial charge in [-0.1, -0.05) is 18.2 Å². The molecule has 9 nitrogen and oxygen atoms in total. The lowest BCUT2D eigenvalue weighted by atomic mass is 10.1. The van der Waals surface area contributed by atoms with Crippen LogP contribution in [0.15, 0.2) is 72.4 Å². The molecule has 0 fully saturated rings. The molecule has 9 heteroatoms. The molecule has 0 aliphatic rings. The zero-order valence-electron chi connectivity index (χ0n) is 19.3. The Labute approximate surface area is 201 Å². The van der Waals surface area contributed by atoms with E-state index in [1.165, 1.54) is 45.6 Å². The Balaban J connectivity index is 2.02. The first-order chi connectivity index (χ1) is 16.9. The van der Waals surface area contributed by atoms with Gasteiger partial charge < -0.3 is 30.0 Å². The third-order valence-corrected chi connectivity index (χ3v) is 4.96. The normalized spacial score (nSPS) is 10.8. The predicted molar refractivity (Wildman–Crippen MR) is 130 cm³/mol. The number of hydrogen-bond acceptors (Lipinski definition) is 6. The summed E-state index contributed by atoms with van der Waals surface area (Å²) in [5, 5.41) is 14.6. The van der Waals surface area contributed by atoms with Gasteiger partial charge in [0, 0.05) is 17.2 Å². The minimum atomic E-state index is -1.17. The molecule has 3 aromatic carbocycles. The average molecular weight is 476 g/mol. The van der Waals surface area contributed by atoms with E-state index in [-0.39, 0.29) is 22.7 Å². The van der Waals surface area contributed by atoms with Crippen LogP contribution in [0.1, 0.15) is 26.3 Å². The largest absolute Gasteiger partial charge is 0.497 e. The highest BCUT2D eigenvalue weighted by Crippen LogP contribution is 2.28. The van der Waals surface area contributed by atoms with Crippen molar-refractivity contribution < 1.29 is 33.7 Å². The minimum Gasteiger partial charge on any atom is -0.497 e. The fraction of sp³-hybridized carbons (Fsp3) is 0.115. The first-order valence-corrected chi connectivity index (χ1v) is 10.4. The molecular weight excluding hydrogens is 452 g/mol. The van der Waals surface area contributed by atoms with E-state index in [0.717, 1.165) is 0 Å². The van der Waals surface area contributed by atoms with Crippen molar-refractivity contribution in [3.63, 3.8) is 0 Å². The molecule has 0 bridgehead atoms. The van der Waals surface area contributed by atoms with Crippen LogP contribution in [0, 0.1) is 0 Å². The lowest BCUT2D eigenvalue weighted by Crippen LogP contribution is -2.31. The third kappa shape index (κ3) is 6.17. The van der Waals surface area contributed by atoms with Gasteiger partial charge in [-0.3, -0.25) is 9.59 Å². The van der Waals surface area contributed by atoms with Crippen molar-refractivity contribution in [2.45, 2.75) is 0 Å². The zero-order chi connectivity index (χ0) is 25.4. The molecule has 0 aromatic heterocycles. The summed E-state index contributed by atoms with van der Waals surface area (Å²) in [6, 6.07) is 17.4. The number of ether oxygens (including phenoxy) is 3. The maximum absolute atomic E-state index is 13.3. The summed E-state index contributed by atoms with van der Waals surface area (Å²) >= 11 is 0. The van der Waals surface area contributed by atoms with Gasteiger partial charge in [0.15, 0.2) is 0 Å². The number of carboxylic acid groups (broad SMARTS) is 1. The van der Waals surface area contributed by atoms with E-state index < -0.39 is 17.8 Å². The van der Waals surface area contributed by atoms with Crippen molar-refractivity contribution in [2.75, 3.05) is 26.6 Å². The van der Waals surface area contributed by atoms with Crippen LogP contribution < -0.4 is 24.8 Å². The van der Waals surface area contributed by atoms with Crippen molar-refractivity contribution in [3.05, 3.63) is 89.1 Å². The van der Waals surface area contributed by atoms with Crippen molar-refractivity contribution in [3.8, 4) is 17.2 Å². The van der Waals surface area contributed by atoms with Gasteiger partial charge in [-0.15, -0.1) is 0 Å². The van der Waals surface area contributed by atoms with E-state index in [1.807, 2.05) is 0 Å². The number of anilines is 1. The van der Waals surface area contributed by atoms with Gasteiger partial charge in [0.05, 0.1) is 32.6 Å². The summed E-state index contributed by atoms with van der Waals surface area (Å²) in [6.45, 7) is 0. The second kappa shape index (κ2) is 11.4. The van der Waals surface area contributed by atoms with E-state index in [9.17, 15) is 19.5 Å². The standard InChI is InChI=1S/C26H24N2O7/c1-33-19-11-9-17(23(15-19)35-3)13-21(28-24(29)16-7-5-4-6-8-16)25(30)27-20-14-18(26(31)32)10-12-22(20)34-2/h4-15H,1-3H3,(H,27,30)(H,28,29)(H,31,32)/b21-13-. The lowest BCUT2D eigenvalue weighted by molar-refractivity contribution is -0.113. The second-order valence-electron chi connectivity index (χ2n) is 7.16. The molecule has 180 valence electrons. The number of carboxylic acids is 1. The zero-order valence-corrected chi connectivity index (χ0v) is 19.3. The average Bonchev–Trinajstić information content (AvgIpc) is 2.88. The van der Waals surface area contributed by atoms with Crippen molar-refractivity contribution in [2.24, 2.45) is 0 Å². The predicted octanol–water partition coefficient (Wildman–Crippen LogP) is 3.82. The molecular formula is C26H24N2O7. The number of carbonyl (C=O) groups excluding carboxylic acids is 2. The van der Waals surface area contributed by atoms with Gasteiger partial charge in [0.2, 0.25) is 0 Å². The molecule has 0 saturated heterocycles. The first-order valence-electron chi connectivity index (χ1n) is 10.4. The molecule has 2 amide bonds. The van der Waals surface area contributed by atoms with Crippen LogP contribution in [-0.2, 0) is 4.79 Å². The van der Waals surface area contributed by atoms with Crippen molar-refractivity contribution in [1.29, 1.82) is 0 Å². The number of rotatable bonds is 9. The molecule has 0 atom stereocenters. The maximum Gasteiger partial charge on any atom is 0.335 e. The number of methoxy groups -OCH3 is 3. The number of benzene rings is 3. The van der Waals surface area contributed by atoms with E-state index in [0.29, 0.717) is 22.6 Å². The van der Waals surface area contributed by atoms with E-state index in [1.54, 1.807) is 48.5 Å². The Hall–Kier alpha value is -4.79. The van der Waals surface area contributed by atoms with Gasteiger partial charge in [-0.05, 0) is 48.5 Å². The quantitative estimate of drug-likeness (QED) is 0.401. The Bertz CT molecular complexity index is 1270. The molecule has 0 spiro atoms. The first kappa shape index (κ1) is 24.8. The Kier molecular flexibility index (Phi) is 8.07. The summed E-state index contributed by atoms with van der Waals surface area (Å²) in [4.78, 5) is 37.5. The van der Waals surface area contributed by atoms with Gasteiger partial charge in [-0.2, -0.15) is 0 Å². The molecule has 3 aromatic rings. The monoisotopic (exact) mass is 476 g/mol. The highest BCUT2D eigenvalue weighted by Gasteiger charge is 2.19. The van der Waals surface area contributed by atoms with Crippen LogP contribution in [-0.4, -0.2) is 44.2 Å². The van der Waals surface area contributed by atoms with E-state index in [4.69, 9.17) is 14.2 Å². The van der Waals surface area contributed by atoms with Gasteiger partial charge in [0.1, 0.15) is 22.9 Å². The second-order valence-corrected chi connectivity index (χ2v) is 7.16. The van der Waals surface area contributed by atoms with Crippen LogP contribution in [0.4, 0.5) is 5.69 Å². The molecule has 0 aliphatic heterocycles. The van der Waals surface area contributed by atoms with Gasteiger partial charge in [0.25, 0.3) is 11.8 Å². The van der Waals surface area contributed by atoms with Gasteiger partial charge in [-0.25, -0.2) is 4.79 Å². The summed E-state index contributed by atoms with van der Waals surface area (Å²) < 4.78 is 15.9. The van der Waals surface area contributed by atoms with Crippen LogP contribution in [0.5, 0.6) is 17.2 Å². The van der Waals surface area contributed by atoms with E-state index >= 15 is 0 Å². The SMILES string of the molecule is COc1ccc(/C=C(\NC(=O)c2ccccc2)C(=O)Nc2cc(C(=O)O)ccc2OC)c(OC)c1. The lowest BCUT2D eigenvalue weighted by Gasteiger charge is -2.15. The number of aromatic carboxylic acids is 1. The van der Waals surface area contributed by atoms with Gasteiger partial charge >= 0.3 is 5.97 Å². The molecule has 0 unspecified atom stereocenters. The molecule has 3 N–H and O–H groups in total. The fourth-order valence-corrected chi connectivity index (χ4v) is 3.16. The van der Waals surface area contributed by atoms with Crippen LogP contribution >= 0.6 is 0 Å². The molecule has 35 heavy (non-hydrogen) atoms. The Morgan fingerprint density at radius 1 is 0.800 bits per heavy atom. The number of carbonyl (C=O) groups is 3. The fourth-order valence-electron chi connectivity index (χ4n) is 3.16. The smallest absolute Gasteiger partial charge is 0.335 e. The number of nitrogens with one attached hydrogen (secondary N) is 2. The Morgan fingerprint density at radius 2 is 1.51 bits per heavy atom. The van der Waals surface area contributed by atoms with E-state index in [2.05, 4.69) is 10.6 Å². The maximum atomic E-state index is 13.3. The van der Waals surface area contributed by atoms with Crippen LogP contribution in [0.25, 0.3) is 6.08 Å². The van der Waals surface area contributed by atoms with Crippen molar-refractivity contribution >= 4 is 29.5 Å². The summed E-state index contributed by atoms with van der Waals surface area (Å²) in [7, 11) is 4.38.